The zero-order chi connectivity index (χ0) is 20.8. The van der Waals surface area contributed by atoms with Crippen LogP contribution in [0.25, 0.3) is 0 Å². The number of unbranched alkanes of at least 4 members (excludes halogenated alkanes) is 1. The number of H-pyrrole nitrogens is 2. The molecule has 1 aromatic heterocycles. The molecular weight excluding hydrogens is 372 g/mol. The lowest BCUT2D eigenvalue weighted by molar-refractivity contribution is 0.0921. The van der Waals surface area contributed by atoms with E-state index in [-0.39, 0.29) is 17.4 Å². The summed E-state index contributed by atoms with van der Waals surface area (Å²) in [6.07, 6.45) is 5.69. The van der Waals surface area contributed by atoms with E-state index in [1.807, 2.05) is 17.1 Å². The number of nitrogens with two attached hydrogens (primary N) is 1. The highest BCUT2D eigenvalue weighted by atomic mass is 16.5. The predicted octanol–water partition coefficient (Wildman–Crippen LogP) is 2.28. The Morgan fingerprint density at radius 3 is 2.48 bits per heavy atom. The lowest BCUT2D eigenvalue weighted by Crippen LogP contribution is -2.40. The third-order valence-electron chi connectivity index (χ3n) is 5.39. The van der Waals surface area contributed by atoms with Gasteiger partial charge in [-0.1, -0.05) is 25.5 Å². The second-order valence-electron chi connectivity index (χ2n) is 7.49. The molecule has 1 aliphatic carbocycles. The number of carbonyl (C=O) groups is 1. The average molecular weight is 400 g/mol. The smallest absolute Gasteiger partial charge is 0.326 e. The van der Waals surface area contributed by atoms with Gasteiger partial charge >= 0.3 is 5.69 Å². The van der Waals surface area contributed by atoms with E-state index in [0.717, 1.165) is 50.9 Å². The van der Waals surface area contributed by atoms with Crippen molar-refractivity contribution >= 4 is 11.6 Å². The van der Waals surface area contributed by atoms with Gasteiger partial charge in [0.25, 0.3) is 11.5 Å². The quantitative estimate of drug-likeness (QED) is 0.530. The van der Waals surface area contributed by atoms with Gasteiger partial charge in [0.05, 0.1) is 6.61 Å². The monoisotopic (exact) mass is 400 g/mol. The fourth-order valence-electron chi connectivity index (χ4n) is 3.67. The van der Waals surface area contributed by atoms with Crippen molar-refractivity contribution in [1.29, 1.82) is 0 Å². The second-order valence-corrected chi connectivity index (χ2v) is 7.49. The number of rotatable bonds is 7. The van der Waals surface area contributed by atoms with E-state index in [1.165, 1.54) is 5.56 Å². The van der Waals surface area contributed by atoms with Crippen molar-refractivity contribution < 1.29 is 9.53 Å². The van der Waals surface area contributed by atoms with Crippen LogP contribution >= 0.6 is 0 Å². The fraction of sp³-hybridized carbons (Fsp3) is 0.476. The highest BCUT2D eigenvalue weighted by molar-refractivity contribution is 5.96. The minimum absolute atomic E-state index is 0.0161. The Kier molecular flexibility index (Phi) is 6.74. The topological polar surface area (TPSA) is 130 Å². The van der Waals surface area contributed by atoms with Gasteiger partial charge in [-0.3, -0.25) is 14.6 Å². The molecule has 0 spiro atoms. The number of nitrogen functional groups attached to an aromatic ring is 1. The maximum Gasteiger partial charge on any atom is 0.326 e. The minimum Gasteiger partial charge on any atom is -0.494 e. The number of aromatic amines is 2. The van der Waals surface area contributed by atoms with Crippen LogP contribution in [0.1, 0.15) is 67.4 Å². The fourth-order valence-corrected chi connectivity index (χ4v) is 3.67. The largest absolute Gasteiger partial charge is 0.494 e. The number of carbonyl (C=O) groups excluding carboxylic acids is 1. The minimum atomic E-state index is -0.760. The van der Waals surface area contributed by atoms with E-state index in [0.29, 0.717) is 5.92 Å². The summed E-state index contributed by atoms with van der Waals surface area (Å²) < 4.78 is 5.71. The first-order valence-corrected chi connectivity index (χ1v) is 10.1. The van der Waals surface area contributed by atoms with Crippen molar-refractivity contribution in [2.24, 2.45) is 0 Å². The van der Waals surface area contributed by atoms with Crippen LogP contribution in [-0.2, 0) is 0 Å². The van der Waals surface area contributed by atoms with E-state index >= 15 is 0 Å². The van der Waals surface area contributed by atoms with Crippen LogP contribution < -0.4 is 27.0 Å². The Labute approximate surface area is 168 Å². The maximum absolute atomic E-state index is 12.4. The first-order valence-electron chi connectivity index (χ1n) is 10.1. The van der Waals surface area contributed by atoms with Crippen LogP contribution in [0.4, 0.5) is 5.69 Å². The molecule has 2 aromatic rings. The van der Waals surface area contributed by atoms with E-state index in [1.54, 1.807) is 0 Å². The number of hydrogen-bond donors (Lipinski definition) is 4. The van der Waals surface area contributed by atoms with Crippen LogP contribution in [0, 0.1) is 0 Å². The molecule has 0 aliphatic heterocycles. The summed E-state index contributed by atoms with van der Waals surface area (Å²) in [5.41, 5.74) is 4.93. The van der Waals surface area contributed by atoms with Gasteiger partial charge < -0.3 is 20.8 Å². The lowest BCUT2D eigenvalue weighted by atomic mass is 9.81. The van der Waals surface area contributed by atoms with E-state index < -0.39 is 17.2 Å². The van der Waals surface area contributed by atoms with Gasteiger partial charge in [-0.25, -0.2) is 4.79 Å². The molecule has 0 saturated heterocycles. The Morgan fingerprint density at radius 2 is 1.83 bits per heavy atom. The second kappa shape index (κ2) is 9.45. The Bertz CT molecular complexity index is 940. The lowest BCUT2D eigenvalue weighted by Gasteiger charge is -2.29. The molecule has 3 rings (SSSR count). The van der Waals surface area contributed by atoms with Crippen LogP contribution in [0.5, 0.6) is 5.75 Å². The summed E-state index contributed by atoms with van der Waals surface area (Å²) in [7, 11) is 0. The zero-order valence-electron chi connectivity index (χ0n) is 16.6. The maximum atomic E-state index is 12.4. The van der Waals surface area contributed by atoms with Crippen LogP contribution in [-0.4, -0.2) is 28.5 Å². The molecule has 0 bridgehead atoms. The number of nitrogens with one attached hydrogen (secondary N) is 3. The summed E-state index contributed by atoms with van der Waals surface area (Å²) in [4.78, 5) is 39.7. The molecule has 29 heavy (non-hydrogen) atoms. The van der Waals surface area contributed by atoms with Gasteiger partial charge in [-0.2, -0.15) is 0 Å². The third-order valence-corrected chi connectivity index (χ3v) is 5.39. The van der Waals surface area contributed by atoms with Crippen molar-refractivity contribution in [3.63, 3.8) is 0 Å². The van der Waals surface area contributed by atoms with Gasteiger partial charge in [0.15, 0.2) is 0 Å². The van der Waals surface area contributed by atoms with Gasteiger partial charge in [-0.15, -0.1) is 0 Å². The number of anilines is 1. The van der Waals surface area contributed by atoms with Crippen LogP contribution in [0.3, 0.4) is 0 Å². The molecule has 8 heteroatoms. The van der Waals surface area contributed by atoms with Crippen LogP contribution in [0.15, 0.2) is 33.9 Å². The number of hydrogen-bond acceptors (Lipinski definition) is 5. The van der Waals surface area contributed by atoms with Crippen molar-refractivity contribution in [2.75, 3.05) is 12.3 Å². The summed E-state index contributed by atoms with van der Waals surface area (Å²) in [5.74, 6) is 0.813. The average Bonchev–Trinajstić information content (AvgIpc) is 2.72. The summed E-state index contributed by atoms with van der Waals surface area (Å²) in [6, 6.07) is 8.26. The highest BCUT2D eigenvalue weighted by Crippen LogP contribution is 2.33. The molecule has 0 atom stereocenters. The number of benzene rings is 1. The van der Waals surface area contributed by atoms with Crippen molar-refractivity contribution in [3.8, 4) is 5.75 Å². The molecule has 1 aromatic carbocycles. The van der Waals surface area contributed by atoms with Crippen molar-refractivity contribution in [3.05, 3.63) is 56.4 Å². The van der Waals surface area contributed by atoms with Gasteiger partial charge in [-0.05, 0) is 55.7 Å². The summed E-state index contributed by atoms with van der Waals surface area (Å²) >= 11 is 0. The van der Waals surface area contributed by atoms with E-state index in [9.17, 15) is 14.4 Å². The molecule has 5 N–H and O–H groups in total. The standard InChI is InChI=1S/C21H28N4O4/c1-2-3-12-29-16-10-6-14(7-11-16)13-4-8-15(9-5-13)23-20(27)18-17(22)19(26)25-21(28)24-18/h6-7,10-11,13,15H,2-5,8-9,12,22H2,1H3,(H,23,27)(H2,24,25,26,28). The van der Waals surface area contributed by atoms with Gasteiger partial charge in [0.1, 0.15) is 17.1 Å². The molecule has 0 radical (unpaired) electrons. The SMILES string of the molecule is CCCCOc1ccc(C2CCC(NC(=O)c3[nH]c(=O)[nH]c(=O)c3N)CC2)cc1. The number of amides is 1. The molecule has 0 unspecified atom stereocenters. The molecule has 1 fully saturated rings. The van der Waals surface area contributed by atoms with E-state index in [2.05, 4.69) is 29.4 Å². The number of ether oxygens (including phenoxy) is 1. The molecule has 1 amide bonds. The van der Waals surface area contributed by atoms with E-state index in [4.69, 9.17) is 10.5 Å². The normalized spacial score (nSPS) is 18.9. The Hall–Kier alpha value is -3.03. The summed E-state index contributed by atoms with van der Waals surface area (Å²) in [6.45, 7) is 2.88. The Morgan fingerprint density at radius 1 is 1.14 bits per heavy atom. The molecule has 1 aliphatic rings. The zero-order valence-corrected chi connectivity index (χ0v) is 16.6. The molecule has 8 nitrogen and oxygen atoms in total. The first-order chi connectivity index (χ1) is 14.0. The van der Waals surface area contributed by atoms with Gasteiger partial charge in [0, 0.05) is 6.04 Å². The first kappa shape index (κ1) is 20.7. The van der Waals surface area contributed by atoms with Crippen LogP contribution in [0.2, 0.25) is 0 Å². The molecule has 1 saturated carbocycles. The molecule has 1 heterocycles. The Balaban J connectivity index is 1.53. The third kappa shape index (κ3) is 5.28. The molecule has 156 valence electrons. The summed E-state index contributed by atoms with van der Waals surface area (Å²) in [5, 5.41) is 2.88. The predicted molar refractivity (Wildman–Crippen MR) is 111 cm³/mol. The van der Waals surface area contributed by atoms with Crippen molar-refractivity contribution in [1.82, 2.24) is 15.3 Å². The van der Waals surface area contributed by atoms with Crippen molar-refractivity contribution in [2.45, 2.75) is 57.4 Å². The van der Waals surface area contributed by atoms with Gasteiger partial charge in [0.2, 0.25) is 0 Å². The molecular formula is C21H28N4O4. The highest BCUT2D eigenvalue weighted by Gasteiger charge is 2.25. The number of aromatic nitrogens is 2.